The fraction of sp³-hybridized carbons (Fsp3) is 0.304. The summed E-state index contributed by atoms with van der Waals surface area (Å²) < 4.78 is 1.09. The topological polar surface area (TPSA) is 62.2 Å². The second kappa shape index (κ2) is 9.68. The summed E-state index contributed by atoms with van der Waals surface area (Å²) in [5.41, 5.74) is 5.15. The first kappa shape index (κ1) is 23.1. The lowest BCUT2D eigenvalue weighted by atomic mass is 10.1. The Bertz CT molecular complexity index is 1220. The van der Waals surface area contributed by atoms with Crippen molar-refractivity contribution in [2.75, 3.05) is 32.1 Å². The molecule has 31 heavy (non-hydrogen) atoms. The first-order chi connectivity index (χ1) is 14.4. The van der Waals surface area contributed by atoms with Gasteiger partial charge in [-0.25, -0.2) is 9.97 Å². The molecule has 2 heterocycles. The smallest absolute Gasteiger partial charge is 0.280 e. The van der Waals surface area contributed by atoms with Gasteiger partial charge < -0.3 is 4.90 Å². The normalized spacial score (nSPS) is 11.1. The Morgan fingerprint density at radius 2 is 1.74 bits per heavy atom. The van der Waals surface area contributed by atoms with Gasteiger partial charge in [0.25, 0.3) is 5.91 Å². The number of carbonyl (C=O) groups excluding carboxylic acids is 1. The number of nitrogens with zero attached hydrogens (tertiary/aromatic N) is 5. The van der Waals surface area contributed by atoms with Crippen molar-refractivity contribution in [2.24, 2.45) is 0 Å². The van der Waals surface area contributed by atoms with Crippen LogP contribution in [0, 0.1) is 13.8 Å². The summed E-state index contributed by atoms with van der Waals surface area (Å²) in [4.78, 5) is 31.2. The molecule has 1 amide bonds. The maximum atomic E-state index is 13.5. The molecule has 0 N–H and O–H groups in total. The largest absolute Gasteiger partial charge is 0.309 e. The number of hydrogen-bond acceptors (Lipinski definition) is 6. The molecule has 0 aliphatic rings. The number of fused-ring (bicyclic) bond motifs is 2. The van der Waals surface area contributed by atoms with Gasteiger partial charge in [-0.05, 0) is 70.2 Å². The Kier molecular flexibility index (Phi) is 7.20. The Morgan fingerprint density at radius 1 is 1.00 bits per heavy atom. The first-order valence-corrected chi connectivity index (χ1v) is 10.8. The van der Waals surface area contributed by atoms with Crippen molar-refractivity contribution in [1.29, 1.82) is 0 Å². The van der Waals surface area contributed by atoms with E-state index in [1.165, 1.54) is 5.56 Å². The van der Waals surface area contributed by atoms with Crippen LogP contribution >= 0.6 is 23.7 Å². The summed E-state index contributed by atoms with van der Waals surface area (Å²) in [5.74, 6) is -0.166. The van der Waals surface area contributed by atoms with Gasteiger partial charge in [0.15, 0.2) is 5.13 Å². The van der Waals surface area contributed by atoms with Gasteiger partial charge in [0, 0.05) is 6.54 Å². The lowest BCUT2D eigenvalue weighted by Gasteiger charge is -2.20. The molecule has 0 bridgehead atoms. The fourth-order valence-electron chi connectivity index (χ4n) is 3.36. The van der Waals surface area contributed by atoms with Gasteiger partial charge >= 0.3 is 0 Å². The third-order valence-corrected chi connectivity index (χ3v) is 6.25. The highest BCUT2D eigenvalue weighted by atomic mass is 35.5. The molecular weight excluding hydrogens is 430 g/mol. The second-order valence-corrected chi connectivity index (χ2v) is 8.72. The van der Waals surface area contributed by atoms with Gasteiger partial charge in [-0.2, -0.15) is 0 Å². The molecule has 0 radical (unpaired) electrons. The van der Waals surface area contributed by atoms with Crippen molar-refractivity contribution >= 4 is 56.0 Å². The lowest BCUT2D eigenvalue weighted by molar-refractivity contribution is 0.0981. The molecule has 6 nitrogen and oxygen atoms in total. The van der Waals surface area contributed by atoms with Crippen molar-refractivity contribution in [1.82, 2.24) is 19.9 Å². The third kappa shape index (κ3) is 4.84. The quantitative estimate of drug-likeness (QED) is 0.414. The van der Waals surface area contributed by atoms with Crippen LogP contribution in [0.4, 0.5) is 5.13 Å². The van der Waals surface area contributed by atoms with Crippen LogP contribution in [-0.4, -0.2) is 52.9 Å². The minimum Gasteiger partial charge on any atom is -0.309 e. The number of anilines is 1. The van der Waals surface area contributed by atoms with Gasteiger partial charge in [0.05, 0.1) is 27.4 Å². The number of amides is 1. The maximum absolute atomic E-state index is 13.5. The summed E-state index contributed by atoms with van der Waals surface area (Å²) in [6, 6.07) is 11.8. The number of rotatable bonds is 6. The minimum absolute atomic E-state index is 0. The molecule has 0 aliphatic carbocycles. The van der Waals surface area contributed by atoms with Crippen LogP contribution in [0.3, 0.4) is 0 Å². The van der Waals surface area contributed by atoms with E-state index in [9.17, 15) is 4.79 Å². The van der Waals surface area contributed by atoms with Crippen LogP contribution in [0.1, 0.15) is 28.0 Å². The van der Waals surface area contributed by atoms with Crippen LogP contribution < -0.4 is 4.90 Å². The molecule has 0 aliphatic heterocycles. The summed E-state index contributed by atoms with van der Waals surface area (Å²) in [6.45, 7) is 5.62. The molecule has 162 valence electrons. The van der Waals surface area contributed by atoms with Crippen LogP contribution in [0.15, 0.2) is 42.6 Å². The number of halogens is 1. The zero-order valence-electron chi connectivity index (χ0n) is 18.1. The van der Waals surface area contributed by atoms with Crippen molar-refractivity contribution in [3.05, 3.63) is 59.4 Å². The van der Waals surface area contributed by atoms with Crippen molar-refractivity contribution in [3.63, 3.8) is 0 Å². The highest BCUT2D eigenvalue weighted by molar-refractivity contribution is 7.22. The van der Waals surface area contributed by atoms with E-state index < -0.39 is 0 Å². The fourth-order valence-corrected chi connectivity index (χ4v) is 4.41. The molecule has 8 heteroatoms. The van der Waals surface area contributed by atoms with Crippen molar-refractivity contribution in [3.8, 4) is 0 Å². The zero-order valence-corrected chi connectivity index (χ0v) is 19.8. The molecule has 0 fully saturated rings. The van der Waals surface area contributed by atoms with Crippen LogP contribution in [0.25, 0.3) is 21.3 Å². The highest BCUT2D eigenvalue weighted by Gasteiger charge is 2.23. The van der Waals surface area contributed by atoms with Gasteiger partial charge in [-0.3, -0.25) is 14.7 Å². The van der Waals surface area contributed by atoms with E-state index in [1.807, 2.05) is 38.4 Å². The lowest BCUT2D eigenvalue weighted by Crippen LogP contribution is -2.34. The molecule has 0 unspecified atom stereocenters. The highest BCUT2D eigenvalue weighted by Crippen LogP contribution is 2.32. The number of thiazole rings is 1. The standard InChI is InChI=1S/C23H25N5OS.ClH/c1-15-10-11-20-21(16(15)2)26-23(30-20)28(13-7-12-27(3)4)22(29)19-14-24-17-8-5-6-9-18(17)25-19;/h5-6,8-11,14H,7,12-13H2,1-4H3;1H. The molecule has 4 rings (SSSR count). The Hall–Kier alpha value is -2.61. The van der Waals surface area contributed by atoms with Crippen molar-refractivity contribution < 1.29 is 4.79 Å². The van der Waals surface area contributed by atoms with Gasteiger partial charge in [-0.15, -0.1) is 12.4 Å². The molecule has 0 atom stereocenters. The summed E-state index contributed by atoms with van der Waals surface area (Å²) in [5, 5.41) is 0.706. The SMILES string of the molecule is Cc1ccc2sc(N(CCCN(C)C)C(=O)c3cnc4ccccc4n3)nc2c1C.Cl. The zero-order chi connectivity index (χ0) is 21.3. The third-order valence-electron chi connectivity index (χ3n) is 5.20. The van der Waals surface area contributed by atoms with E-state index in [-0.39, 0.29) is 18.3 Å². The molecule has 2 aromatic carbocycles. The monoisotopic (exact) mass is 455 g/mol. The van der Waals surface area contributed by atoms with Gasteiger partial charge in [0.1, 0.15) is 5.69 Å². The summed E-state index contributed by atoms with van der Waals surface area (Å²) in [6.07, 6.45) is 2.40. The van der Waals surface area contributed by atoms with Crippen LogP contribution in [-0.2, 0) is 0 Å². The molecule has 0 saturated carbocycles. The number of aryl methyl sites for hydroxylation is 2. The maximum Gasteiger partial charge on any atom is 0.280 e. The van der Waals surface area contributed by atoms with Gasteiger partial charge in [-0.1, -0.05) is 29.5 Å². The Labute approximate surface area is 192 Å². The predicted octanol–water partition coefficient (Wildman–Crippen LogP) is 4.88. The van der Waals surface area contributed by atoms with Gasteiger partial charge in [0.2, 0.25) is 0 Å². The Morgan fingerprint density at radius 3 is 2.48 bits per heavy atom. The van der Waals surface area contributed by atoms with E-state index in [1.54, 1.807) is 22.4 Å². The number of carbonyl (C=O) groups is 1. The average molecular weight is 456 g/mol. The second-order valence-electron chi connectivity index (χ2n) is 7.71. The van der Waals surface area contributed by atoms with E-state index in [0.717, 1.165) is 34.3 Å². The molecule has 2 aromatic heterocycles. The van der Waals surface area contributed by atoms with Crippen LogP contribution in [0.5, 0.6) is 0 Å². The molecule has 0 saturated heterocycles. The number of aromatic nitrogens is 3. The number of hydrogen-bond donors (Lipinski definition) is 0. The predicted molar refractivity (Wildman–Crippen MR) is 131 cm³/mol. The van der Waals surface area contributed by atoms with Crippen LogP contribution in [0.2, 0.25) is 0 Å². The summed E-state index contributed by atoms with van der Waals surface area (Å²) >= 11 is 1.55. The number of para-hydroxylation sites is 2. The van der Waals surface area contributed by atoms with Crippen molar-refractivity contribution in [2.45, 2.75) is 20.3 Å². The molecule has 4 aromatic rings. The average Bonchev–Trinajstić information content (AvgIpc) is 3.17. The molecule has 0 spiro atoms. The van der Waals surface area contributed by atoms with E-state index in [2.05, 4.69) is 40.8 Å². The van der Waals surface area contributed by atoms with E-state index >= 15 is 0 Å². The first-order valence-electron chi connectivity index (χ1n) is 9.99. The van der Waals surface area contributed by atoms with E-state index in [0.29, 0.717) is 22.9 Å². The van der Waals surface area contributed by atoms with E-state index in [4.69, 9.17) is 4.98 Å². The minimum atomic E-state index is -0.166. The molecular formula is C23H26ClN5OS. The Balaban J connectivity index is 0.00000272. The summed E-state index contributed by atoms with van der Waals surface area (Å²) in [7, 11) is 4.07. The number of benzene rings is 2.